The number of carbonyl (C=O) groups is 1. The molecular weight excluding hydrogens is 411 g/mol. The number of halogens is 1. The number of hydrogen-bond acceptors (Lipinski definition) is 4. The van der Waals surface area contributed by atoms with Crippen LogP contribution in [0.2, 0.25) is 0 Å². The molecule has 0 aliphatic rings. The molecule has 0 unspecified atom stereocenters. The van der Waals surface area contributed by atoms with Gasteiger partial charge in [-0.3, -0.25) is 9.59 Å². The molecule has 32 heavy (non-hydrogen) atoms. The number of nitrogens with one attached hydrogen (secondary N) is 1. The van der Waals surface area contributed by atoms with Crippen molar-refractivity contribution in [3.63, 3.8) is 0 Å². The molecule has 1 N–H and O–H groups in total. The number of nitrogens with zero attached hydrogens (tertiary/aromatic N) is 3. The summed E-state index contributed by atoms with van der Waals surface area (Å²) in [5, 5.41) is 8.43. The van der Waals surface area contributed by atoms with Crippen LogP contribution in [-0.2, 0) is 24.4 Å². The standard InChI is InChI=1S/C24H19FN4O3/c25-20-9-3-1-6-16(20)14-28-21-10-4-2-8-18(21)19-13-27-29(24(31)23(19)28)15-22(30)26-12-17-7-5-11-32-17/h1-11,13H,12,14-15H2,(H,26,30). The third-order valence-corrected chi connectivity index (χ3v) is 5.39. The van der Waals surface area contributed by atoms with Crippen LogP contribution in [0.25, 0.3) is 21.8 Å². The van der Waals surface area contributed by atoms with Crippen LogP contribution in [0.5, 0.6) is 0 Å². The Morgan fingerprint density at radius 2 is 1.84 bits per heavy atom. The summed E-state index contributed by atoms with van der Waals surface area (Å²) in [6.07, 6.45) is 3.10. The average Bonchev–Trinajstić information content (AvgIpc) is 3.43. The average molecular weight is 430 g/mol. The molecule has 0 radical (unpaired) electrons. The Morgan fingerprint density at radius 1 is 1.03 bits per heavy atom. The molecule has 3 aromatic heterocycles. The second kappa shape index (κ2) is 8.14. The molecular formula is C24H19FN4O3. The Hall–Kier alpha value is -4.20. The van der Waals surface area contributed by atoms with Gasteiger partial charge < -0.3 is 14.3 Å². The molecule has 8 heteroatoms. The van der Waals surface area contributed by atoms with Crippen LogP contribution >= 0.6 is 0 Å². The molecule has 0 fully saturated rings. The zero-order valence-electron chi connectivity index (χ0n) is 17.0. The van der Waals surface area contributed by atoms with Gasteiger partial charge in [0.05, 0.1) is 25.5 Å². The van der Waals surface area contributed by atoms with Gasteiger partial charge in [0, 0.05) is 21.9 Å². The van der Waals surface area contributed by atoms with Crippen LogP contribution in [0.3, 0.4) is 0 Å². The lowest BCUT2D eigenvalue weighted by Crippen LogP contribution is -2.33. The number of rotatable bonds is 6. The van der Waals surface area contributed by atoms with E-state index in [4.69, 9.17) is 4.42 Å². The minimum Gasteiger partial charge on any atom is -0.467 e. The van der Waals surface area contributed by atoms with Crippen molar-refractivity contribution in [2.24, 2.45) is 0 Å². The quantitative estimate of drug-likeness (QED) is 0.447. The van der Waals surface area contributed by atoms with E-state index in [-0.39, 0.29) is 31.4 Å². The molecule has 0 saturated carbocycles. The lowest BCUT2D eigenvalue weighted by Gasteiger charge is -2.10. The first kappa shape index (κ1) is 19.7. The molecule has 0 spiro atoms. The molecule has 0 atom stereocenters. The molecule has 7 nitrogen and oxygen atoms in total. The molecule has 5 aromatic rings. The van der Waals surface area contributed by atoms with Gasteiger partial charge in [0.15, 0.2) is 0 Å². The number of fused-ring (bicyclic) bond motifs is 3. The summed E-state index contributed by atoms with van der Waals surface area (Å²) in [4.78, 5) is 25.7. The Balaban J connectivity index is 1.55. The molecule has 0 saturated heterocycles. The topological polar surface area (TPSA) is 82.1 Å². The van der Waals surface area contributed by atoms with Crippen LogP contribution in [0.1, 0.15) is 11.3 Å². The number of para-hydroxylation sites is 1. The van der Waals surface area contributed by atoms with Gasteiger partial charge in [-0.2, -0.15) is 5.10 Å². The summed E-state index contributed by atoms with van der Waals surface area (Å²) in [7, 11) is 0. The largest absolute Gasteiger partial charge is 0.467 e. The summed E-state index contributed by atoms with van der Waals surface area (Å²) in [5.74, 6) is -0.101. The van der Waals surface area contributed by atoms with E-state index in [9.17, 15) is 14.0 Å². The molecule has 160 valence electrons. The maximum absolute atomic E-state index is 14.4. The van der Waals surface area contributed by atoms with Crippen LogP contribution in [0, 0.1) is 5.82 Å². The summed E-state index contributed by atoms with van der Waals surface area (Å²) < 4.78 is 22.5. The van der Waals surface area contributed by atoms with Crippen LogP contribution in [-0.4, -0.2) is 20.3 Å². The number of hydrogen-bond donors (Lipinski definition) is 1. The van der Waals surface area contributed by atoms with Gasteiger partial charge >= 0.3 is 0 Å². The highest BCUT2D eigenvalue weighted by molar-refractivity contribution is 6.07. The lowest BCUT2D eigenvalue weighted by molar-refractivity contribution is -0.122. The molecule has 2 aromatic carbocycles. The van der Waals surface area contributed by atoms with Gasteiger partial charge in [-0.1, -0.05) is 36.4 Å². The Labute approximate surface area is 181 Å². The van der Waals surface area contributed by atoms with Crippen molar-refractivity contribution in [1.82, 2.24) is 19.7 Å². The smallest absolute Gasteiger partial charge is 0.291 e. The number of benzene rings is 2. The second-order valence-corrected chi connectivity index (χ2v) is 7.42. The van der Waals surface area contributed by atoms with Crippen molar-refractivity contribution in [3.8, 4) is 0 Å². The van der Waals surface area contributed by atoms with E-state index in [0.29, 0.717) is 22.2 Å². The van der Waals surface area contributed by atoms with Crippen molar-refractivity contribution in [2.75, 3.05) is 0 Å². The second-order valence-electron chi connectivity index (χ2n) is 7.42. The number of aromatic nitrogens is 3. The summed E-state index contributed by atoms with van der Waals surface area (Å²) in [5.41, 5.74) is 1.23. The highest BCUT2D eigenvalue weighted by atomic mass is 19.1. The van der Waals surface area contributed by atoms with E-state index in [1.807, 2.05) is 24.3 Å². The fraction of sp³-hybridized carbons (Fsp3) is 0.125. The van der Waals surface area contributed by atoms with Crippen LogP contribution in [0.4, 0.5) is 4.39 Å². The molecule has 5 rings (SSSR count). The van der Waals surface area contributed by atoms with Gasteiger partial charge in [0.2, 0.25) is 5.91 Å². The zero-order valence-corrected chi connectivity index (χ0v) is 17.0. The normalized spacial score (nSPS) is 11.3. The highest BCUT2D eigenvalue weighted by Gasteiger charge is 2.18. The van der Waals surface area contributed by atoms with Gasteiger partial charge in [-0.05, 0) is 24.3 Å². The van der Waals surface area contributed by atoms with E-state index in [2.05, 4.69) is 10.4 Å². The Morgan fingerprint density at radius 3 is 2.66 bits per heavy atom. The van der Waals surface area contributed by atoms with Crippen molar-refractivity contribution < 1.29 is 13.6 Å². The van der Waals surface area contributed by atoms with Crippen molar-refractivity contribution in [2.45, 2.75) is 19.6 Å². The maximum Gasteiger partial charge on any atom is 0.291 e. The zero-order chi connectivity index (χ0) is 22.1. The predicted octanol–water partition coefficient (Wildman–Crippen LogP) is 3.45. The van der Waals surface area contributed by atoms with Crippen molar-refractivity contribution in [1.29, 1.82) is 0 Å². The third-order valence-electron chi connectivity index (χ3n) is 5.39. The van der Waals surface area contributed by atoms with E-state index in [1.165, 1.54) is 12.3 Å². The monoisotopic (exact) mass is 430 g/mol. The van der Waals surface area contributed by atoms with Crippen molar-refractivity contribution >= 4 is 27.7 Å². The van der Waals surface area contributed by atoms with Crippen LogP contribution < -0.4 is 10.9 Å². The van der Waals surface area contributed by atoms with E-state index in [0.717, 1.165) is 15.6 Å². The van der Waals surface area contributed by atoms with Crippen LogP contribution in [0.15, 0.2) is 82.3 Å². The Kier molecular flexibility index (Phi) is 5.03. The lowest BCUT2D eigenvalue weighted by atomic mass is 10.2. The highest BCUT2D eigenvalue weighted by Crippen LogP contribution is 2.27. The molecule has 0 bridgehead atoms. The SMILES string of the molecule is O=C(Cn1ncc2c3ccccc3n(Cc3ccccc3F)c2c1=O)NCc1ccco1. The minimum absolute atomic E-state index is 0.181. The Bertz CT molecular complexity index is 1480. The third kappa shape index (κ3) is 3.56. The first-order valence-corrected chi connectivity index (χ1v) is 10.1. The summed E-state index contributed by atoms with van der Waals surface area (Å²) in [6, 6.07) is 17.5. The number of furan rings is 1. The van der Waals surface area contributed by atoms with Gasteiger partial charge in [-0.15, -0.1) is 0 Å². The fourth-order valence-corrected chi connectivity index (χ4v) is 3.86. The number of amides is 1. The molecule has 0 aliphatic carbocycles. The maximum atomic E-state index is 14.4. The molecule has 3 heterocycles. The predicted molar refractivity (Wildman–Crippen MR) is 118 cm³/mol. The molecule has 1 amide bonds. The van der Waals surface area contributed by atoms with Gasteiger partial charge in [0.1, 0.15) is 23.6 Å². The molecule has 0 aliphatic heterocycles. The minimum atomic E-state index is -0.414. The van der Waals surface area contributed by atoms with Gasteiger partial charge in [0.25, 0.3) is 5.56 Å². The summed E-state index contributed by atoms with van der Waals surface area (Å²) in [6.45, 7) is 0.160. The summed E-state index contributed by atoms with van der Waals surface area (Å²) >= 11 is 0. The van der Waals surface area contributed by atoms with E-state index < -0.39 is 5.56 Å². The van der Waals surface area contributed by atoms with Gasteiger partial charge in [-0.25, -0.2) is 9.07 Å². The fourth-order valence-electron chi connectivity index (χ4n) is 3.86. The van der Waals surface area contributed by atoms with E-state index >= 15 is 0 Å². The number of carbonyl (C=O) groups excluding carboxylic acids is 1. The van der Waals surface area contributed by atoms with Crippen molar-refractivity contribution in [3.05, 3.63) is 101 Å². The first-order chi connectivity index (χ1) is 15.6. The van der Waals surface area contributed by atoms with E-state index in [1.54, 1.807) is 41.1 Å². The first-order valence-electron chi connectivity index (χ1n) is 10.1.